The van der Waals surface area contributed by atoms with Gasteiger partial charge in [0.15, 0.2) is 5.69 Å². The highest BCUT2D eigenvalue weighted by molar-refractivity contribution is 5.94. The van der Waals surface area contributed by atoms with Crippen molar-refractivity contribution >= 4 is 16.9 Å². The lowest BCUT2D eigenvalue weighted by molar-refractivity contribution is -0.141. The van der Waals surface area contributed by atoms with E-state index >= 15 is 0 Å². The summed E-state index contributed by atoms with van der Waals surface area (Å²) < 4.78 is 53.3. The molecule has 1 fully saturated rings. The number of para-hydroxylation sites is 1. The third kappa shape index (κ3) is 3.60. The van der Waals surface area contributed by atoms with E-state index in [-0.39, 0.29) is 12.5 Å². The molecule has 4 aromatic rings. The number of alkyl halides is 3. The molecule has 2 aliphatic rings. The Kier molecular flexibility index (Phi) is 4.88. The van der Waals surface area contributed by atoms with Crippen molar-refractivity contribution in [1.29, 1.82) is 0 Å². The normalized spacial score (nSPS) is 18.6. The smallest absolute Gasteiger partial charge is 0.437 e. The Morgan fingerprint density at radius 2 is 1.94 bits per heavy atom. The van der Waals surface area contributed by atoms with Crippen molar-refractivity contribution in [2.45, 2.75) is 56.8 Å². The number of imidazole rings is 1. The van der Waals surface area contributed by atoms with Gasteiger partial charge < -0.3 is 23.8 Å². The molecule has 36 heavy (non-hydrogen) atoms. The maximum absolute atomic E-state index is 13.9. The molecule has 1 atom stereocenters. The van der Waals surface area contributed by atoms with Crippen molar-refractivity contribution in [2.24, 2.45) is 0 Å². The molecule has 188 valence electrons. The van der Waals surface area contributed by atoms with Gasteiger partial charge in [0.05, 0.1) is 12.0 Å². The summed E-state index contributed by atoms with van der Waals surface area (Å²) in [5, 5.41) is 11.1. The maximum Gasteiger partial charge on any atom is 0.437 e. The van der Waals surface area contributed by atoms with Gasteiger partial charge >= 0.3 is 6.18 Å². The molecule has 1 amide bonds. The number of hydrogen-bond donors (Lipinski definition) is 2. The number of aliphatic hydroxyl groups is 1. The van der Waals surface area contributed by atoms with Gasteiger partial charge in [0, 0.05) is 29.6 Å². The zero-order chi connectivity index (χ0) is 25.4. The van der Waals surface area contributed by atoms with E-state index in [0.29, 0.717) is 23.5 Å². The van der Waals surface area contributed by atoms with Crippen LogP contribution in [0, 0.1) is 0 Å². The summed E-state index contributed by atoms with van der Waals surface area (Å²) in [5.74, 6) is -1.81. The number of carbonyl (C=O) groups is 1. The first-order valence-corrected chi connectivity index (χ1v) is 11.7. The molecular formula is C25H23F3N4O4. The first-order valence-electron chi connectivity index (χ1n) is 11.7. The second kappa shape index (κ2) is 7.70. The lowest BCUT2D eigenvalue weighted by Gasteiger charge is -2.34. The quantitative estimate of drug-likeness (QED) is 0.406. The predicted molar refractivity (Wildman–Crippen MR) is 120 cm³/mol. The molecule has 0 bridgehead atoms. The van der Waals surface area contributed by atoms with Crippen LogP contribution in [-0.2, 0) is 18.2 Å². The van der Waals surface area contributed by atoms with E-state index < -0.39 is 41.1 Å². The fourth-order valence-electron chi connectivity index (χ4n) is 4.89. The molecule has 0 unspecified atom stereocenters. The number of nitrogens with zero attached hydrogens (tertiary/aromatic N) is 3. The van der Waals surface area contributed by atoms with Crippen LogP contribution in [0.1, 0.15) is 83.5 Å². The van der Waals surface area contributed by atoms with Crippen LogP contribution in [0.25, 0.3) is 11.0 Å². The second-order valence-corrected chi connectivity index (χ2v) is 9.82. The van der Waals surface area contributed by atoms with E-state index in [1.807, 2.05) is 24.3 Å². The Morgan fingerprint density at radius 3 is 2.64 bits per heavy atom. The number of aromatic nitrogens is 3. The summed E-state index contributed by atoms with van der Waals surface area (Å²) in [6, 6.07) is 6.67. The van der Waals surface area contributed by atoms with Crippen LogP contribution in [0.3, 0.4) is 0 Å². The summed E-state index contributed by atoms with van der Waals surface area (Å²) in [7, 11) is 0. The average Bonchev–Trinajstić information content (AvgIpc) is 3.24. The summed E-state index contributed by atoms with van der Waals surface area (Å²) in [6.07, 6.45) is -1.17. The Balaban J connectivity index is 1.52. The molecule has 6 rings (SSSR count). The molecule has 3 aromatic heterocycles. The van der Waals surface area contributed by atoms with Crippen molar-refractivity contribution in [3.8, 4) is 0 Å². The summed E-state index contributed by atoms with van der Waals surface area (Å²) in [4.78, 5) is 26.0. The van der Waals surface area contributed by atoms with E-state index in [1.165, 1.54) is 25.1 Å². The van der Waals surface area contributed by atoms with Crippen LogP contribution >= 0.6 is 0 Å². The van der Waals surface area contributed by atoms with Gasteiger partial charge in [-0.25, -0.2) is 9.97 Å². The van der Waals surface area contributed by atoms with Crippen LogP contribution in [0.2, 0.25) is 0 Å². The van der Waals surface area contributed by atoms with E-state index in [9.17, 15) is 23.1 Å². The van der Waals surface area contributed by atoms with Crippen molar-refractivity contribution in [2.75, 3.05) is 6.54 Å². The number of H-pyrrole nitrogens is 1. The molecule has 11 heteroatoms. The SMILES string of the molecule is CC(C)(O)c1nc(C(F)(F)F)c(C(=O)N2CCc3[nH]cnc3[C@@H]2c2oc3ccccc3c2C2CC2)o1. The van der Waals surface area contributed by atoms with Crippen LogP contribution in [0.15, 0.2) is 39.4 Å². The highest BCUT2D eigenvalue weighted by Gasteiger charge is 2.47. The molecular weight excluding hydrogens is 477 g/mol. The fraction of sp³-hybridized carbons (Fsp3) is 0.400. The molecule has 2 N–H and O–H groups in total. The number of aromatic amines is 1. The molecule has 0 radical (unpaired) electrons. The first-order chi connectivity index (χ1) is 17.0. The Morgan fingerprint density at radius 1 is 1.19 bits per heavy atom. The van der Waals surface area contributed by atoms with Gasteiger partial charge in [-0.15, -0.1) is 0 Å². The van der Waals surface area contributed by atoms with Crippen LogP contribution in [0.4, 0.5) is 13.2 Å². The highest BCUT2D eigenvalue weighted by Crippen LogP contribution is 2.50. The van der Waals surface area contributed by atoms with Crippen molar-refractivity contribution < 1.29 is 31.9 Å². The summed E-state index contributed by atoms with van der Waals surface area (Å²) >= 11 is 0. The number of nitrogens with one attached hydrogen (secondary N) is 1. The molecule has 8 nitrogen and oxygen atoms in total. The van der Waals surface area contributed by atoms with E-state index in [1.54, 1.807) is 0 Å². The van der Waals surface area contributed by atoms with Gasteiger partial charge in [0.25, 0.3) is 5.91 Å². The zero-order valence-electron chi connectivity index (χ0n) is 19.5. The van der Waals surface area contributed by atoms with Gasteiger partial charge in [0.2, 0.25) is 11.7 Å². The third-order valence-corrected chi connectivity index (χ3v) is 6.70. The lowest BCUT2D eigenvalue weighted by atomic mass is 9.94. The van der Waals surface area contributed by atoms with Crippen LogP contribution < -0.4 is 0 Å². The molecule has 0 spiro atoms. The molecule has 1 aliphatic heterocycles. The number of benzene rings is 1. The number of fused-ring (bicyclic) bond motifs is 2. The number of oxazole rings is 1. The zero-order valence-corrected chi connectivity index (χ0v) is 19.5. The predicted octanol–water partition coefficient (Wildman–Crippen LogP) is 5.06. The topological polar surface area (TPSA) is 108 Å². The van der Waals surface area contributed by atoms with Crippen molar-refractivity contribution in [3.05, 3.63) is 70.6 Å². The lowest BCUT2D eigenvalue weighted by Crippen LogP contribution is -2.41. The standard InChI is InChI=1S/C25H23F3N4O4/c1-24(2,34)23-31-21(25(26,27)28)20(36-23)22(33)32-10-9-14-17(30-11-29-14)18(32)19-16(12-7-8-12)13-5-3-4-6-15(13)35-19/h3-6,11-12,18,34H,7-10H2,1-2H3,(H,29,30)/t18-/m1/s1. The number of carbonyl (C=O) groups excluding carboxylic acids is 1. The van der Waals surface area contributed by atoms with Gasteiger partial charge in [-0.3, -0.25) is 4.79 Å². The Labute approximate surface area is 203 Å². The minimum Gasteiger partial charge on any atom is -0.458 e. The average molecular weight is 500 g/mol. The Hall–Kier alpha value is -3.60. The number of halogens is 3. The molecule has 1 aromatic carbocycles. The molecule has 1 saturated carbocycles. The monoisotopic (exact) mass is 500 g/mol. The maximum atomic E-state index is 13.9. The number of hydrogen-bond acceptors (Lipinski definition) is 6. The van der Waals surface area contributed by atoms with Crippen LogP contribution in [-0.4, -0.2) is 37.4 Å². The first kappa shape index (κ1) is 22.8. The largest absolute Gasteiger partial charge is 0.458 e. The van der Waals surface area contributed by atoms with Crippen molar-refractivity contribution in [1.82, 2.24) is 19.9 Å². The van der Waals surface area contributed by atoms with Crippen LogP contribution in [0.5, 0.6) is 0 Å². The number of rotatable bonds is 4. The van der Waals surface area contributed by atoms with Crippen molar-refractivity contribution in [3.63, 3.8) is 0 Å². The molecule has 1 aliphatic carbocycles. The van der Waals surface area contributed by atoms with E-state index in [4.69, 9.17) is 8.83 Å². The van der Waals surface area contributed by atoms with E-state index in [2.05, 4.69) is 15.0 Å². The minimum absolute atomic E-state index is 0.107. The van der Waals surface area contributed by atoms with Gasteiger partial charge in [-0.2, -0.15) is 13.2 Å². The fourth-order valence-corrected chi connectivity index (χ4v) is 4.89. The second-order valence-electron chi connectivity index (χ2n) is 9.82. The third-order valence-electron chi connectivity index (χ3n) is 6.70. The number of amides is 1. The number of furan rings is 1. The van der Waals surface area contributed by atoms with Gasteiger partial charge in [0.1, 0.15) is 23.0 Å². The minimum atomic E-state index is -4.96. The van der Waals surface area contributed by atoms with Gasteiger partial charge in [-0.1, -0.05) is 18.2 Å². The van der Waals surface area contributed by atoms with E-state index in [0.717, 1.165) is 29.5 Å². The summed E-state index contributed by atoms with van der Waals surface area (Å²) in [5.41, 5.74) is -0.376. The molecule has 0 saturated heterocycles. The van der Waals surface area contributed by atoms with Gasteiger partial charge in [-0.05, 0) is 38.7 Å². The molecule has 4 heterocycles. The highest BCUT2D eigenvalue weighted by atomic mass is 19.4. The Bertz CT molecular complexity index is 1470. The summed E-state index contributed by atoms with van der Waals surface area (Å²) in [6.45, 7) is 2.59.